The number of anilines is 2. The number of methoxy groups -OCH3 is 1. The van der Waals surface area contributed by atoms with Crippen molar-refractivity contribution in [2.75, 3.05) is 25.2 Å². The van der Waals surface area contributed by atoms with Crippen LogP contribution < -0.4 is 11.5 Å². The molecule has 3 heterocycles. The summed E-state index contributed by atoms with van der Waals surface area (Å²) < 4.78 is 29.4. The fraction of sp³-hybridized carbons (Fsp3) is 0.545. The third-order valence-corrected chi connectivity index (χ3v) is 4.50. The summed E-state index contributed by atoms with van der Waals surface area (Å²) in [6.45, 7) is -0.351. The van der Waals surface area contributed by atoms with Crippen molar-refractivity contribution in [1.29, 1.82) is 0 Å². The van der Waals surface area contributed by atoms with Crippen molar-refractivity contribution in [2.45, 2.75) is 24.5 Å². The summed E-state index contributed by atoms with van der Waals surface area (Å²) in [6.07, 6.45) is -1.51. The van der Waals surface area contributed by atoms with Gasteiger partial charge in [0.05, 0.1) is 12.9 Å². The molecule has 1 saturated heterocycles. The maximum atomic E-state index is 11.4. The first kappa shape index (κ1) is 17.4. The van der Waals surface area contributed by atoms with Gasteiger partial charge < -0.3 is 30.6 Å². The Kier molecular flexibility index (Phi) is 4.95. The first-order valence-electron chi connectivity index (χ1n) is 6.90. The molecule has 1 aliphatic rings. The Morgan fingerprint density at radius 1 is 1.46 bits per heavy atom. The van der Waals surface area contributed by atoms with Gasteiger partial charge in [0.1, 0.15) is 23.8 Å². The first-order chi connectivity index (χ1) is 11.5. The Morgan fingerprint density at radius 3 is 2.83 bits per heavy atom. The van der Waals surface area contributed by atoms with Crippen molar-refractivity contribution >= 4 is 42.4 Å². The van der Waals surface area contributed by atoms with Gasteiger partial charge in [0, 0.05) is 7.11 Å². The van der Waals surface area contributed by atoms with E-state index in [0.717, 1.165) is 0 Å². The van der Waals surface area contributed by atoms with E-state index in [1.54, 1.807) is 4.57 Å². The van der Waals surface area contributed by atoms with E-state index in [2.05, 4.69) is 27.2 Å². The number of fused-ring (bicyclic) bond motifs is 1. The zero-order valence-electron chi connectivity index (χ0n) is 12.6. The summed E-state index contributed by atoms with van der Waals surface area (Å²) >= 11 is 3.78. The number of thiol groups is 1. The Balaban J connectivity index is 2.03. The van der Waals surface area contributed by atoms with Gasteiger partial charge in [-0.15, -0.1) is 0 Å². The summed E-state index contributed by atoms with van der Waals surface area (Å²) in [6, 6.07) is 0. The normalized spacial score (nSPS) is 28.5. The molecule has 2 aromatic heterocycles. The summed E-state index contributed by atoms with van der Waals surface area (Å²) in [5.74, 6) is 0.121. The van der Waals surface area contributed by atoms with Gasteiger partial charge in [-0.25, -0.2) is 4.98 Å². The molecule has 0 bridgehead atoms. The second-order valence-electron chi connectivity index (χ2n) is 5.09. The number of hydrogen-bond acceptors (Lipinski definition) is 10. The largest absolute Gasteiger partial charge is 0.394 e. The zero-order valence-corrected chi connectivity index (χ0v) is 14.5. The predicted molar refractivity (Wildman–Crippen MR) is 88.8 cm³/mol. The third kappa shape index (κ3) is 2.96. The van der Waals surface area contributed by atoms with Crippen LogP contribution in [0.2, 0.25) is 0 Å². The van der Waals surface area contributed by atoms with E-state index in [9.17, 15) is 9.67 Å². The van der Waals surface area contributed by atoms with E-state index in [4.69, 9.17) is 25.5 Å². The predicted octanol–water partition coefficient (Wildman–Crippen LogP) is -0.400. The summed E-state index contributed by atoms with van der Waals surface area (Å²) in [5.41, 5.74) is 12.1. The molecular formula is C11H17N6O5PS. The van der Waals surface area contributed by atoms with Gasteiger partial charge in [0.15, 0.2) is 17.7 Å². The van der Waals surface area contributed by atoms with Crippen molar-refractivity contribution in [3.8, 4) is 0 Å². The van der Waals surface area contributed by atoms with Gasteiger partial charge in [-0.05, 0) is 0 Å². The number of imidazole rings is 1. The number of hydrogen-bond donors (Lipinski definition) is 4. The zero-order chi connectivity index (χ0) is 17.4. The topological polar surface area (TPSA) is 161 Å². The summed E-state index contributed by atoms with van der Waals surface area (Å²) in [5, 5.41) is 9.51. The maximum absolute atomic E-state index is 11.4. The van der Waals surface area contributed by atoms with Crippen molar-refractivity contribution in [1.82, 2.24) is 19.5 Å². The van der Waals surface area contributed by atoms with Crippen molar-refractivity contribution in [3.05, 3.63) is 6.33 Å². The Labute approximate surface area is 142 Å². The standard InChI is InChI=1S/C11H17N6O5PS/c1-20-7-6(22-23(19)24)4(2-18)21-10(7)17-3-14-5-8(12)15-11(13)16-9(5)17/h3-4,6-7,10,18,23H,2H2,1H3,(H,19,24)(H4,12,13,15,16)/t4-,6?,7?,10-/m1/s1. The molecule has 0 aliphatic carbocycles. The van der Waals surface area contributed by atoms with Crippen LogP contribution in [0.3, 0.4) is 0 Å². The van der Waals surface area contributed by atoms with E-state index < -0.39 is 31.8 Å². The highest BCUT2D eigenvalue weighted by molar-refractivity contribution is 8.39. The quantitative estimate of drug-likeness (QED) is 0.399. The number of nitrogens with zero attached hydrogens (tertiary/aromatic N) is 4. The molecule has 24 heavy (non-hydrogen) atoms. The maximum Gasteiger partial charge on any atom is 0.243 e. The number of aliphatic hydroxyl groups excluding tert-OH is 1. The molecule has 0 radical (unpaired) electrons. The lowest BCUT2D eigenvalue weighted by atomic mass is 10.1. The fourth-order valence-corrected chi connectivity index (χ4v) is 3.61. The third-order valence-electron chi connectivity index (χ3n) is 3.71. The molecule has 3 unspecified atom stereocenters. The number of ether oxygens (including phenoxy) is 2. The van der Waals surface area contributed by atoms with Crippen LogP contribution in [0.4, 0.5) is 11.8 Å². The van der Waals surface area contributed by atoms with E-state index in [0.29, 0.717) is 11.2 Å². The van der Waals surface area contributed by atoms with Crippen LogP contribution in [-0.4, -0.2) is 56.7 Å². The van der Waals surface area contributed by atoms with Crippen molar-refractivity contribution in [3.63, 3.8) is 0 Å². The van der Waals surface area contributed by atoms with E-state index in [-0.39, 0.29) is 18.4 Å². The minimum absolute atomic E-state index is 0.0133. The lowest BCUT2D eigenvalue weighted by Gasteiger charge is -2.22. The van der Waals surface area contributed by atoms with Crippen LogP contribution in [0.5, 0.6) is 0 Å². The van der Waals surface area contributed by atoms with Gasteiger partial charge in [-0.2, -0.15) is 9.97 Å². The molecule has 0 aromatic carbocycles. The summed E-state index contributed by atoms with van der Waals surface area (Å²) in [4.78, 5) is 12.1. The second-order valence-corrected chi connectivity index (χ2v) is 6.95. The number of aliphatic hydroxyl groups is 1. The lowest BCUT2D eigenvalue weighted by Crippen LogP contribution is -2.35. The molecule has 5 N–H and O–H groups in total. The molecule has 11 nitrogen and oxygen atoms in total. The molecule has 0 spiro atoms. The molecule has 132 valence electrons. The van der Waals surface area contributed by atoms with Crippen molar-refractivity contribution < 1.29 is 23.7 Å². The molecule has 1 fully saturated rings. The van der Waals surface area contributed by atoms with Gasteiger partial charge in [0.25, 0.3) is 0 Å². The van der Waals surface area contributed by atoms with E-state index >= 15 is 0 Å². The lowest BCUT2D eigenvalue weighted by molar-refractivity contribution is -0.0583. The number of rotatable bonds is 5. The molecule has 3 rings (SSSR count). The molecule has 1 aliphatic heterocycles. The minimum atomic E-state index is -2.57. The highest BCUT2D eigenvalue weighted by atomic mass is 32.7. The van der Waals surface area contributed by atoms with Crippen LogP contribution in [0.15, 0.2) is 6.33 Å². The summed E-state index contributed by atoms with van der Waals surface area (Å²) in [7, 11) is -1.12. The smallest absolute Gasteiger partial charge is 0.243 e. The number of aromatic nitrogens is 4. The number of nitrogen functional groups attached to an aromatic ring is 2. The molecular weight excluding hydrogens is 359 g/mol. The van der Waals surface area contributed by atoms with Crippen LogP contribution in [0, 0.1) is 0 Å². The molecule has 0 saturated carbocycles. The molecule has 5 atom stereocenters. The first-order valence-corrected chi connectivity index (χ1v) is 9.51. The number of nitrogens with two attached hydrogens (primary N) is 2. The average molecular weight is 376 g/mol. The Hall–Kier alpha value is -1.43. The van der Waals surface area contributed by atoms with E-state index in [1.807, 2.05) is 0 Å². The monoisotopic (exact) mass is 376 g/mol. The Morgan fingerprint density at radius 2 is 2.21 bits per heavy atom. The van der Waals surface area contributed by atoms with Crippen LogP contribution in [0.1, 0.15) is 6.23 Å². The van der Waals surface area contributed by atoms with Crippen LogP contribution in [-0.2, 0) is 18.6 Å². The molecule has 2 aromatic rings. The van der Waals surface area contributed by atoms with Crippen molar-refractivity contribution in [2.24, 2.45) is 0 Å². The molecule has 13 heteroatoms. The van der Waals surface area contributed by atoms with E-state index in [1.165, 1.54) is 13.4 Å². The van der Waals surface area contributed by atoms with Crippen LogP contribution in [0.25, 0.3) is 11.2 Å². The SMILES string of the molecule is COC1C(O[PH](=O)S)[C@@H](CO)O[C@H]1n1cnc2c(N)nc(N)nc21. The molecule has 0 amide bonds. The minimum Gasteiger partial charge on any atom is -0.394 e. The fourth-order valence-electron chi connectivity index (χ4n) is 2.73. The average Bonchev–Trinajstić information content (AvgIpc) is 3.07. The highest BCUT2D eigenvalue weighted by Crippen LogP contribution is 2.41. The van der Waals surface area contributed by atoms with Gasteiger partial charge in [0.2, 0.25) is 13.2 Å². The van der Waals surface area contributed by atoms with Gasteiger partial charge >= 0.3 is 0 Å². The van der Waals surface area contributed by atoms with Gasteiger partial charge in [-0.1, -0.05) is 12.2 Å². The van der Waals surface area contributed by atoms with Crippen LogP contribution >= 0.6 is 19.5 Å². The van der Waals surface area contributed by atoms with Gasteiger partial charge in [-0.3, -0.25) is 9.13 Å². The Bertz CT molecular complexity index is 775. The highest BCUT2D eigenvalue weighted by Gasteiger charge is 2.47. The second kappa shape index (κ2) is 6.82.